The fourth-order valence-electron chi connectivity index (χ4n) is 2.05. The minimum Gasteiger partial charge on any atom is -0.300 e. The van der Waals surface area contributed by atoms with Crippen LogP contribution in [0.1, 0.15) is 69.9 Å². The molecule has 0 heterocycles. The molecule has 0 aromatic heterocycles. The number of hydrogen-bond acceptors (Lipinski definition) is 1. The van der Waals surface area contributed by atoms with Crippen molar-refractivity contribution in [2.75, 3.05) is 0 Å². The molecule has 1 nitrogen and oxygen atoms in total. The van der Waals surface area contributed by atoms with Crippen LogP contribution >= 0.6 is 0 Å². The summed E-state index contributed by atoms with van der Waals surface area (Å²) >= 11 is 0. The van der Waals surface area contributed by atoms with Crippen LogP contribution in [0.15, 0.2) is 24.3 Å². The molecule has 0 fully saturated rings. The number of Topliss-reactive ketones (excluding diaryl/α,β-unsaturated/α-hetero) is 1. The predicted molar refractivity (Wildman–Crippen MR) is 78.0 cm³/mol. The van der Waals surface area contributed by atoms with E-state index in [0.29, 0.717) is 18.1 Å². The zero-order valence-electron chi connectivity index (χ0n) is 12.0. The Kier molecular flexibility index (Phi) is 6.70. The van der Waals surface area contributed by atoms with E-state index in [1.807, 2.05) is 0 Å². The molecular formula is C17H26O. The van der Waals surface area contributed by atoms with Gasteiger partial charge in [0.25, 0.3) is 0 Å². The summed E-state index contributed by atoms with van der Waals surface area (Å²) in [5.41, 5.74) is 2.65. The minimum absolute atomic E-state index is 0.413. The molecule has 1 heteroatoms. The zero-order valence-corrected chi connectivity index (χ0v) is 12.0. The van der Waals surface area contributed by atoms with Crippen LogP contribution in [0.25, 0.3) is 0 Å². The van der Waals surface area contributed by atoms with Crippen LogP contribution in [-0.2, 0) is 11.2 Å². The Morgan fingerprint density at radius 2 is 1.72 bits per heavy atom. The van der Waals surface area contributed by atoms with Crippen molar-refractivity contribution in [3.8, 4) is 0 Å². The second kappa shape index (κ2) is 8.07. The molecule has 0 aliphatic rings. The van der Waals surface area contributed by atoms with Gasteiger partial charge in [-0.3, -0.25) is 4.79 Å². The van der Waals surface area contributed by atoms with Gasteiger partial charge in [-0.1, -0.05) is 57.9 Å². The minimum atomic E-state index is 0.413. The highest BCUT2D eigenvalue weighted by Crippen LogP contribution is 2.15. The first-order valence-electron chi connectivity index (χ1n) is 7.24. The summed E-state index contributed by atoms with van der Waals surface area (Å²) in [7, 11) is 0. The monoisotopic (exact) mass is 246 g/mol. The third kappa shape index (κ3) is 5.48. The largest absolute Gasteiger partial charge is 0.300 e. The van der Waals surface area contributed by atoms with Gasteiger partial charge in [0.2, 0.25) is 0 Å². The lowest BCUT2D eigenvalue weighted by Gasteiger charge is -2.06. The molecule has 0 saturated carbocycles. The van der Waals surface area contributed by atoms with Crippen molar-refractivity contribution in [3.05, 3.63) is 35.4 Å². The summed E-state index contributed by atoms with van der Waals surface area (Å²) in [5, 5.41) is 0. The summed E-state index contributed by atoms with van der Waals surface area (Å²) in [4.78, 5) is 11.7. The highest BCUT2D eigenvalue weighted by Gasteiger charge is 2.03. The maximum Gasteiger partial charge on any atom is 0.133 e. The van der Waals surface area contributed by atoms with Crippen LogP contribution in [0.4, 0.5) is 0 Å². The number of ketones is 1. The zero-order chi connectivity index (χ0) is 13.4. The summed E-state index contributed by atoms with van der Waals surface area (Å²) in [6, 6.07) is 8.69. The summed E-state index contributed by atoms with van der Waals surface area (Å²) in [6.45, 7) is 6.57. The molecule has 0 unspecified atom stereocenters. The molecule has 0 aliphatic carbocycles. The van der Waals surface area contributed by atoms with Gasteiger partial charge >= 0.3 is 0 Å². The van der Waals surface area contributed by atoms with Gasteiger partial charge in [0.1, 0.15) is 5.78 Å². The molecule has 0 spiro atoms. The average Bonchev–Trinajstić information content (AvgIpc) is 2.37. The Labute approximate surface area is 112 Å². The molecule has 0 amide bonds. The van der Waals surface area contributed by atoms with Crippen LogP contribution in [0.2, 0.25) is 0 Å². The topological polar surface area (TPSA) is 17.1 Å². The van der Waals surface area contributed by atoms with E-state index in [4.69, 9.17) is 0 Å². The molecule has 0 N–H and O–H groups in total. The second-order valence-corrected chi connectivity index (χ2v) is 5.39. The van der Waals surface area contributed by atoms with Crippen molar-refractivity contribution in [1.82, 2.24) is 0 Å². The third-order valence-corrected chi connectivity index (χ3v) is 3.40. The van der Waals surface area contributed by atoms with E-state index in [9.17, 15) is 4.79 Å². The van der Waals surface area contributed by atoms with Gasteiger partial charge in [-0.05, 0) is 29.9 Å². The summed E-state index contributed by atoms with van der Waals surface area (Å²) < 4.78 is 0. The number of hydrogen-bond donors (Lipinski definition) is 0. The highest BCUT2D eigenvalue weighted by atomic mass is 16.1. The summed E-state index contributed by atoms with van der Waals surface area (Å²) in [5.74, 6) is 0.992. The normalized spacial score (nSPS) is 10.9. The first-order chi connectivity index (χ1) is 8.63. The molecule has 0 radical (unpaired) electrons. The molecule has 1 aromatic rings. The molecule has 0 atom stereocenters. The van der Waals surface area contributed by atoms with Gasteiger partial charge in [-0.15, -0.1) is 0 Å². The number of carbonyl (C=O) groups is 1. The van der Waals surface area contributed by atoms with Crippen molar-refractivity contribution >= 4 is 5.78 Å². The Bertz CT molecular complexity index is 348. The second-order valence-electron chi connectivity index (χ2n) is 5.39. The molecule has 0 saturated heterocycles. The van der Waals surface area contributed by atoms with E-state index >= 15 is 0 Å². The number of rotatable bonds is 8. The van der Waals surface area contributed by atoms with Crippen molar-refractivity contribution in [3.63, 3.8) is 0 Å². The maximum absolute atomic E-state index is 11.7. The fraction of sp³-hybridized carbons (Fsp3) is 0.588. The average molecular weight is 246 g/mol. The SMILES string of the molecule is CCCCCC(=O)CCc1ccc(C(C)C)cc1. The Morgan fingerprint density at radius 3 is 2.28 bits per heavy atom. The number of aryl methyl sites for hydroxylation is 1. The summed E-state index contributed by atoms with van der Waals surface area (Å²) in [6.07, 6.45) is 5.77. The van der Waals surface area contributed by atoms with Crippen LogP contribution in [0, 0.1) is 0 Å². The van der Waals surface area contributed by atoms with E-state index in [1.54, 1.807) is 0 Å². The van der Waals surface area contributed by atoms with Crippen LogP contribution in [-0.4, -0.2) is 5.78 Å². The first-order valence-corrected chi connectivity index (χ1v) is 7.24. The molecular weight excluding hydrogens is 220 g/mol. The fourth-order valence-corrected chi connectivity index (χ4v) is 2.05. The van der Waals surface area contributed by atoms with E-state index in [0.717, 1.165) is 19.3 Å². The van der Waals surface area contributed by atoms with Crippen molar-refractivity contribution < 1.29 is 4.79 Å². The lowest BCUT2D eigenvalue weighted by molar-refractivity contribution is -0.119. The van der Waals surface area contributed by atoms with E-state index in [1.165, 1.54) is 24.0 Å². The molecule has 1 aromatic carbocycles. The molecule has 0 aliphatic heterocycles. The number of carbonyl (C=O) groups excluding carboxylic acids is 1. The number of unbranched alkanes of at least 4 members (excludes halogenated alkanes) is 2. The lowest BCUT2D eigenvalue weighted by Crippen LogP contribution is -2.00. The van der Waals surface area contributed by atoms with Gasteiger partial charge in [0, 0.05) is 12.8 Å². The molecule has 1 rings (SSSR count). The Balaban J connectivity index is 2.32. The van der Waals surface area contributed by atoms with Crippen molar-refractivity contribution in [1.29, 1.82) is 0 Å². The van der Waals surface area contributed by atoms with Crippen molar-refractivity contribution in [2.24, 2.45) is 0 Å². The predicted octanol–water partition coefficient (Wildman–Crippen LogP) is 4.89. The van der Waals surface area contributed by atoms with Gasteiger partial charge in [0.15, 0.2) is 0 Å². The van der Waals surface area contributed by atoms with Gasteiger partial charge in [-0.25, -0.2) is 0 Å². The van der Waals surface area contributed by atoms with E-state index in [-0.39, 0.29) is 0 Å². The molecule has 18 heavy (non-hydrogen) atoms. The lowest BCUT2D eigenvalue weighted by atomic mass is 9.99. The number of benzene rings is 1. The highest BCUT2D eigenvalue weighted by molar-refractivity contribution is 5.78. The van der Waals surface area contributed by atoms with Crippen LogP contribution in [0.3, 0.4) is 0 Å². The van der Waals surface area contributed by atoms with Crippen LogP contribution < -0.4 is 0 Å². The standard InChI is InChI=1S/C17H26O/c1-4-5-6-7-17(18)13-10-15-8-11-16(12-9-15)14(2)3/h8-9,11-12,14H,4-7,10,13H2,1-3H3. The van der Waals surface area contributed by atoms with Crippen LogP contribution in [0.5, 0.6) is 0 Å². The van der Waals surface area contributed by atoms with E-state index in [2.05, 4.69) is 45.0 Å². The first kappa shape index (κ1) is 14.9. The van der Waals surface area contributed by atoms with Crippen molar-refractivity contribution in [2.45, 2.75) is 65.2 Å². The third-order valence-electron chi connectivity index (χ3n) is 3.40. The molecule has 0 bridgehead atoms. The van der Waals surface area contributed by atoms with E-state index < -0.39 is 0 Å². The smallest absolute Gasteiger partial charge is 0.133 e. The van der Waals surface area contributed by atoms with Gasteiger partial charge in [0.05, 0.1) is 0 Å². The molecule has 100 valence electrons. The van der Waals surface area contributed by atoms with Gasteiger partial charge in [-0.2, -0.15) is 0 Å². The quantitative estimate of drug-likeness (QED) is 0.597. The van der Waals surface area contributed by atoms with Gasteiger partial charge < -0.3 is 0 Å². The Morgan fingerprint density at radius 1 is 1.06 bits per heavy atom. The Hall–Kier alpha value is -1.11. The maximum atomic E-state index is 11.7.